The third kappa shape index (κ3) is 2.46. The first-order valence-electron chi connectivity index (χ1n) is 5.77. The van der Waals surface area contributed by atoms with Crippen LogP contribution in [0.25, 0.3) is 0 Å². The van der Waals surface area contributed by atoms with Crippen molar-refractivity contribution in [3.8, 4) is 6.07 Å². The van der Waals surface area contributed by atoms with Gasteiger partial charge in [0.15, 0.2) is 0 Å². The molecule has 4 heteroatoms. The summed E-state index contributed by atoms with van der Waals surface area (Å²) in [4.78, 5) is 2.13. The van der Waals surface area contributed by atoms with Crippen molar-refractivity contribution in [2.75, 3.05) is 13.1 Å². The molecule has 0 spiro atoms. The fourth-order valence-electron chi connectivity index (χ4n) is 2.25. The van der Waals surface area contributed by atoms with Gasteiger partial charge < -0.3 is 5.73 Å². The van der Waals surface area contributed by atoms with Gasteiger partial charge in [-0.15, -0.1) is 0 Å². The van der Waals surface area contributed by atoms with Gasteiger partial charge in [-0.05, 0) is 12.0 Å². The Bertz CT molecular complexity index is 442. The molecule has 0 radical (unpaired) electrons. The Morgan fingerprint density at radius 1 is 1.53 bits per heavy atom. The average Bonchev–Trinajstić information content (AvgIpc) is 2.61. The zero-order valence-electron chi connectivity index (χ0n) is 9.86. The smallest absolute Gasteiger partial charge is 0.145 e. The van der Waals surface area contributed by atoms with E-state index in [0.29, 0.717) is 18.0 Å². The molecule has 2 atom stereocenters. The fraction of sp³-hybridized carbons (Fsp3) is 0.462. The van der Waals surface area contributed by atoms with E-state index in [1.165, 1.54) is 6.07 Å². The van der Waals surface area contributed by atoms with Crippen LogP contribution < -0.4 is 5.73 Å². The van der Waals surface area contributed by atoms with Crippen LogP contribution in [-0.2, 0) is 6.54 Å². The van der Waals surface area contributed by atoms with E-state index in [0.717, 1.165) is 13.1 Å². The first-order valence-corrected chi connectivity index (χ1v) is 5.77. The molecule has 1 fully saturated rings. The molecule has 2 rings (SSSR count). The number of nitrogens with zero attached hydrogens (tertiary/aromatic N) is 2. The SMILES string of the molecule is CC1CN(Cc2cccc(C#N)c2F)CC1N. The monoisotopic (exact) mass is 233 g/mol. The Labute approximate surface area is 101 Å². The molecule has 2 unspecified atom stereocenters. The van der Waals surface area contributed by atoms with Crippen molar-refractivity contribution in [2.45, 2.75) is 19.5 Å². The Morgan fingerprint density at radius 3 is 2.88 bits per heavy atom. The maximum absolute atomic E-state index is 13.8. The lowest BCUT2D eigenvalue weighted by atomic mass is 10.1. The molecule has 3 nitrogen and oxygen atoms in total. The molecule has 0 aliphatic carbocycles. The van der Waals surface area contributed by atoms with Gasteiger partial charge in [0.1, 0.15) is 11.9 Å². The van der Waals surface area contributed by atoms with Crippen molar-refractivity contribution >= 4 is 0 Å². The number of hydrogen-bond acceptors (Lipinski definition) is 3. The zero-order chi connectivity index (χ0) is 12.4. The minimum atomic E-state index is -0.400. The average molecular weight is 233 g/mol. The summed E-state index contributed by atoms with van der Waals surface area (Å²) in [5.74, 6) is 0.0420. The van der Waals surface area contributed by atoms with E-state index in [1.54, 1.807) is 12.1 Å². The molecule has 1 aliphatic heterocycles. The molecule has 17 heavy (non-hydrogen) atoms. The number of hydrogen-bond donors (Lipinski definition) is 1. The van der Waals surface area contributed by atoms with E-state index in [-0.39, 0.29) is 11.6 Å². The van der Waals surface area contributed by atoms with Gasteiger partial charge in [-0.25, -0.2) is 4.39 Å². The van der Waals surface area contributed by atoms with E-state index in [1.807, 2.05) is 6.07 Å². The number of nitriles is 1. The highest BCUT2D eigenvalue weighted by molar-refractivity contribution is 5.34. The number of halogens is 1. The summed E-state index contributed by atoms with van der Waals surface area (Å²) in [6.45, 7) is 4.31. The number of likely N-dealkylation sites (tertiary alicyclic amines) is 1. The first-order chi connectivity index (χ1) is 8.11. The summed E-state index contributed by atoms with van der Waals surface area (Å²) in [6, 6.07) is 6.97. The van der Waals surface area contributed by atoms with E-state index >= 15 is 0 Å². The molecule has 0 bridgehead atoms. The topological polar surface area (TPSA) is 53.0 Å². The Hall–Kier alpha value is -1.44. The third-order valence-corrected chi connectivity index (χ3v) is 3.34. The predicted octanol–water partition coefficient (Wildman–Crippen LogP) is 1.48. The van der Waals surface area contributed by atoms with Gasteiger partial charge in [0.2, 0.25) is 0 Å². The molecule has 1 saturated heterocycles. The van der Waals surface area contributed by atoms with Gasteiger partial charge in [0, 0.05) is 31.2 Å². The second-order valence-corrected chi connectivity index (χ2v) is 4.73. The molecule has 1 aromatic carbocycles. The highest BCUT2D eigenvalue weighted by Gasteiger charge is 2.27. The van der Waals surface area contributed by atoms with Crippen molar-refractivity contribution in [3.63, 3.8) is 0 Å². The molecule has 1 aliphatic rings. The molecule has 0 aromatic heterocycles. The second kappa shape index (κ2) is 4.82. The molecular weight excluding hydrogens is 217 g/mol. The normalized spacial score (nSPS) is 24.8. The van der Waals surface area contributed by atoms with Crippen molar-refractivity contribution in [2.24, 2.45) is 11.7 Å². The molecule has 0 amide bonds. The number of benzene rings is 1. The van der Waals surface area contributed by atoms with Crippen LogP contribution in [0.3, 0.4) is 0 Å². The van der Waals surface area contributed by atoms with E-state index in [4.69, 9.17) is 11.0 Å². The third-order valence-electron chi connectivity index (χ3n) is 3.34. The van der Waals surface area contributed by atoms with Gasteiger partial charge in [-0.3, -0.25) is 4.90 Å². The second-order valence-electron chi connectivity index (χ2n) is 4.73. The van der Waals surface area contributed by atoms with Crippen molar-refractivity contribution in [3.05, 3.63) is 35.1 Å². The summed E-state index contributed by atoms with van der Waals surface area (Å²) < 4.78 is 13.8. The highest BCUT2D eigenvalue weighted by atomic mass is 19.1. The van der Waals surface area contributed by atoms with Crippen LogP contribution in [0.2, 0.25) is 0 Å². The fourth-order valence-corrected chi connectivity index (χ4v) is 2.25. The minimum absolute atomic E-state index is 0.110. The molecule has 1 aromatic rings. The van der Waals surface area contributed by atoms with Crippen LogP contribution in [0, 0.1) is 23.1 Å². The van der Waals surface area contributed by atoms with Gasteiger partial charge in [-0.2, -0.15) is 5.26 Å². The standard InChI is InChI=1S/C13H16FN3/c1-9-6-17(8-12(9)16)7-11-4-2-3-10(5-15)13(11)14/h2-4,9,12H,6-8,16H2,1H3. The van der Waals surface area contributed by atoms with Crippen LogP contribution in [0.15, 0.2) is 18.2 Å². The molecule has 0 saturated carbocycles. The summed E-state index contributed by atoms with van der Waals surface area (Å²) in [7, 11) is 0. The number of nitrogens with two attached hydrogens (primary N) is 1. The zero-order valence-corrected chi connectivity index (χ0v) is 9.86. The Morgan fingerprint density at radius 2 is 2.29 bits per heavy atom. The predicted molar refractivity (Wildman–Crippen MR) is 63.5 cm³/mol. The van der Waals surface area contributed by atoms with E-state index < -0.39 is 5.82 Å². The van der Waals surface area contributed by atoms with Crippen molar-refractivity contribution in [1.82, 2.24) is 4.90 Å². The van der Waals surface area contributed by atoms with Crippen LogP contribution >= 0.6 is 0 Å². The van der Waals surface area contributed by atoms with Gasteiger partial charge >= 0.3 is 0 Å². The Kier molecular flexibility index (Phi) is 3.41. The molecule has 90 valence electrons. The lowest BCUT2D eigenvalue weighted by Gasteiger charge is -2.15. The maximum Gasteiger partial charge on any atom is 0.145 e. The lowest BCUT2D eigenvalue weighted by Crippen LogP contribution is -2.28. The molecular formula is C13H16FN3. The van der Waals surface area contributed by atoms with E-state index in [2.05, 4.69) is 11.8 Å². The summed E-state index contributed by atoms with van der Waals surface area (Å²) >= 11 is 0. The van der Waals surface area contributed by atoms with Gasteiger partial charge in [-0.1, -0.05) is 19.1 Å². The highest BCUT2D eigenvalue weighted by Crippen LogP contribution is 2.20. The van der Waals surface area contributed by atoms with Crippen LogP contribution in [-0.4, -0.2) is 24.0 Å². The van der Waals surface area contributed by atoms with Gasteiger partial charge in [0.25, 0.3) is 0 Å². The molecule has 2 N–H and O–H groups in total. The van der Waals surface area contributed by atoms with Crippen LogP contribution in [0.5, 0.6) is 0 Å². The largest absolute Gasteiger partial charge is 0.326 e. The van der Waals surface area contributed by atoms with Crippen LogP contribution in [0.4, 0.5) is 4.39 Å². The van der Waals surface area contributed by atoms with Crippen LogP contribution in [0.1, 0.15) is 18.1 Å². The summed E-state index contributed by atoms with van der Waals surface area (Å²) in [5.41, 5.74) is 6.61. The first kappa shape index (κ1) is 12.0. The quantitative estimate of drug-likeness (QED) is 0.841. The summed E-state index contributed by atoms with van der Waals surface area (Å²) in [5, 5.41) is 8.76. The minimum Gasteiger partial charge on any atom is -0.326 e. The summed E-state index contributed by atoms with van der Waals surface area (Å²) in [6.07, 6.45) is 0. The van der Waals surface area contributed by atoms with Gasteiger partial charge in [0.05, 0.1) is 5.56 Å². The lowest BCUT2D eigenvalue weighted by molar-refractivity contribution is 0.313. The molecule has 1 heterocycles. The van der Waals surface area contributed by atoms with Crippen molar-refractivity contribution in [1.29, 1.82) is 5.26 Å². The number of rotatable bonds is 2. The van der Waals surface area contributed by atoms with Crippen molar-refractivity contribution < 1.29 is 4.39 Å². The van der Waals surface area contributed by atoms with E-state index in [9.17, 15) is 4.39 Å². The maximum atomic E-state index is 13.8. The Balaban J connectivity index is 2.13.